The van der Waals surface area contributed by atoms with Crippen molar-refractivity contribution in [3.05, 3.63) is 46.9 Å². The number of esters is 1. The molecule has 6 heteroatoms. The Bertz CT molecular complexity index is 715. The van der Waals surface area contributed by atoms with E-state index >= 15 is 0 Å². The van der Waals surface area contributed by atoms with Crippen LogP contribution >= 0.6 is 0 Å². The maximum Gasteiger partial charge on any atom is 0.376 e. The zero-order valence-electron chi connectivity index (χ0n) is 12.0. The van der Waals surface area contributed by atoms with Crippen LogP contribution in [0.2, 0.25) is 0 Å². The fraction of sp³-hybridized carbons (Fsp3) is 0.267. The van der Waals surface area contributed by atoms with Crippen LogP contribution in [0.5, 0.6) is 0 Å². The van der Waals surface area contributed by atoms with E-state index in [0.717, 1.165) is 30.3 Å². The van der Waals surface area contributed by atoms with E-state index in [1.807, 2.05) is 31.2 Å². The number of carbonyl (C=O) groups is 1. The zero-order chi connectivity index (χ0) is 15.0. The third-order valence-electron chi connectivity index (χ3n) is 3.49. The molecule has 3 rings (SSSR count). The molecular formula is C15H16N4O2. The van der Waals surface area contributed by atoms with Gasteiger partial charge in [-0.05, 0) is 30.2 Å². The summed E-state index contributed by atoms with van der Waals surface area (Å²) in [5.74, 6) is 0.279. The van der Waals surface area contributed by atoms with Crippen LogP contribution in [0.15, 0.2) is 24.3 Å². The highest BCUT2D eigenvalue weighted by Crippen LogP contribution is 2.28. The fourth-order valence-corrected chi connectivity index (χ4v) is 2.47. The summed E-state index contributed by atoms with van der Waals surface area (Å²) in [6, 6.07) is 7.76. The molecule has 2 aromatic rings. The number of nitrogens with zero attached hydrogens (tertiary/aromatic N) is 3. The number of ether oxygens (including phenoxy) is 1. The molecule has 0 spiro atoms. The van der Waals surface area contributed by atoms with E-state index in [1.54, 1.807) is 0 Å². The van der Waals surface area contributed by atoms with Gasteiger partial charge >= 0.3 is 5.97 Å². The fourth-order valence-electron chi connectivity index (χ4n) is 2.47. The van der Waals surface area contributed by atoms with Crippen LogP contribution in [0.25, 0.3) is 0 Å². The predicted octanol–water partition coefficient (Wildman–Crippen LogP) is 1.67. The standard InChI is InChI=1S/C15H16N4O2/c1-9-5-13(18-14(17-9)15(20)21-2)19-7-10-3-4-12(16)6-11(10)8-19/h3-6H,7-8,16H2,1-2H3. The summed E-state index contributed by atoms with van der Waals surface area (Å²) in [5, 5.41) is 0. The maximum absolute atomic E-state index is 11.6. The maximum atomic E-state index is 11.6. The van der Waals surface area contributed by atoms with E-state index in [1.165, 1.54) is 18.2 Å². The number of rotatable bonds is 2. The monoisotopic (exact) mass is 284 g/mol. The summed E-state index contributed by atoms with van der Waals surface area (Å²) < 4.78 is 4.69. The molecule has 1 aliphatic heterocycles. The van der Waals surface area contributed by atoms with E-state index in [4.69, 9.17) is 5.73 Å². The summed E-state index contributed by atoms with van der Waals surface area (Å²) in [6.45, 7) is 3.29. The molecule has 0 radical (unpaired) electrons. The first-order valence-electron chi connectivity index (χ1n) is 6.63. The van der Waals surface area contributed by atoms with Gasteiger partial charge in [0.2, 0.25) is 5.82 Å². The van der Waals surface area contributed by atoms with Crippen molar-refractivity contribution in [3.63, 3.8) is 0 Å². The molecule has 0 amide bonds. The van der Waals surface area contributed by atoms with Crippen LogP contribution in [0.3, 0.4) is 0 Å². The number of nitrogens with two attached hydrogens (primary N) is 1. The Kier molecular flexibility index (Phi) is 3.21. The molecule has 21 heavy (non-hydrogen) atoms. The van der Waals surface area contributed by atoms with E-state index in [9.17, 15) is 4.79 Å². The van der Waals surface area contributed by atoms with Crippen molar-refractivity contribution in [3.8, 4) is 0 Å². The average Bonchev–Trinajstić information content (AvgIpc) is 2.88. The van der Waals surface area contributed by atoms with Gasteiger partial charge in [0, 0.05) is 30.5 Å². The number of aromatic nitrogens is 2. The predicted molar refractivity (Wildman–Crippen MR) is 78.8 cm³/mol. The second kappa shape index (κ2) is 5.05. The molecular weight excluding hydrogens is 268 g/mol. The number of nitrogen functional groups attached to an aromatic ring is 1. The lowest BCUT2D eigenvalue weighted by atomic mass is 10.1. The van der Waals surface area contributed by atoms with Gasteiger partial charge < -0.3 is 15.4 Å². The smallest absolute Gasteiger partial charge is 0.376 e. The summed E-state index contributed by atoms with van der Waals surface area (Å²) in [6.07, 6.45) is 0. The lowest BCUT2D eigenvalue weighted by molar-refractivity contribution is 0.0586. The van der Waals surface area contributed by atoms with Gasteiger partial charge in [-0.15, -0.1) is 0 Å². The van der Waals surface area contributed by atoms with Crippen LogP contribution in [0.4, 0.5) is 11.5 Å². The van der Waals surface area contributed by atoms with Gasteiger partial charge in [0.05, 0.1) is 7.11 Å². The number of hydrogen-bond acceptors (Lipinski definition) is 6. The highest BCUT2D eigenvalue weighted by molar-refractivity contribution is 5.85. The molecule has 1 aromatic carbocycles. The first kappa shape index (κ1) is 13.4. The quantitative estimate of drug-likeness (QED) is 0.667. The number of hydrogen-bond donors (Lipinski definition) is 1. The molecule has 1 aliphatic rings. The third kappa shape index (κ3) is 2.52. The number of carbonyl (C=O) groups excluding carboxylic acids is 1. The van der Waals surface area contributed by atoms with Crippen LogP contribution in [-0.4, -0.2) is 23.0 Å². The van der Waals surface area contributed by atoms with Crippen LogP contribution < -0.4 is 10.6 Å². The number of benzene rings is 1. The van der Waals surface area contributed by atoms with Gasteiger partial charge in [-0.1, -0.05) is 6.07 Å². The van der Waals surface area contributed by atoms with Crippen molar-refractivity contribution in [2.75, 3.05) is 17.7 Å². The van der Waals surface area contributed by atoms with E-state index < -0.39 is 5.97 Å². The summed E-state index contributed by atoms with van der Waals surface area (Å²) >= 11 is 0. The minimum atomic E-state index is -0.527. The summed E-state index contributed by atoms with van der Waals surface area (Å²) in [4.78, 5) is 22.1. The third-order valence-corrected chi connectivity index (χ3v) is 3.49. The molecule has 0 saturated carbocycles. The van der Waals surface area contributed by atoms with Crippen LogP contribution in [0, 0.1) is 6.92 Å². The van der Waals surface area contributed by atoms with Gasteiger partial charge in [0.25, 0.3) is 0 Å². The minimum Gasteiger partial charge on any atom is -0.463 e. The average molecular weight is 284 g/mol. The molecule has 108 valence electrons. The largest absolute Gasteiger partial charge is 0.463 e. The molecule has 0 bridgehead atoms. The summed E-state index contributed by atoms with van der Waals surface area (Å²) in [7, 11) is 1.32. The zero-order valence-corrected chi connectivity index (χ0v) is 12.0. The molecule has 0 aliphatic carbocycles. The van der Waals surface area contributed by atoms with E-state index in [0.29, 0.717) is 0 Å². The van der Waals surface area contributed by atoms with Gasteiger partial charge in [-0.3, -0.25) is 0 Å². The van der Waals surface area contributed by atoms with Gasteiger partial charge in [0.15, 0.2) is 0 Å². The molecule has 0 fully saturated rings. The first-order chi connectivity index (χ1) is 10.1. The van der Waals surface area contributed by atoms with Crippen molar-refractivity contribution in [2.24, 2.45) is 0 Å². The normalized spacial score (nSPS) is 13.1. The van der Waals surface area contributed by atoms with Crippen molar-refractivity contribution in [1.82, 2.24) is 9.97 Å². The molecule has 0 saturated heterocycles. The lowest BCUT2D eigenvalue weighted by Crippen LogP contribution is -2.19. The molecule has 0 unspecified atom stereocenters. The van der Waals surface area contributed by atoms with Crippen molar-refractivity contribution in [2.45, 2.75) is 20.0 Å². The first-order valence-corrected chi connectivity index (χ1v) is 6.63. The van der Waals surface area contributed by atoms with E-state index in [-0.39, 0.29) is 5.82 Å². The van der Waals surface area contributed by atoms with Gasteiger partial charge in [-0.25, -0.2) is 14.8 Å². The molecule has 2 heterocycles. The Hall–Kier alpha value is -2.63. The molecule has 0 atom stereocenters. The Morgan fingerprint density at radius 3 is 2.76 bits per heavy atom. The Morgan fingerprint density at radius 2 is 2.00 bits per heavy atom. The number of anilines is 2. The van der Waals surface area contributed by atoms with Crippen molar-refractivity contribution in [1.29, 1.82) is 0 Å². The van der Waals surface area contributed by atoms with Crippen molar-refractivity contribution < 1.29 is 9.53 Å². The number of fused-ring (bicyclic) bond motifs is 1. The lowest BCUT2D eigenvalue weighted by Gasteiger charge is -2.17. The molecule has 2 N–H and O–H groups in total. The van der Waals surface area contributed by atoms with Crippen molar-refractivity contribution >= 4 is 17.5 Å². The number of aryl methyl sites for hydroxylation is 1. The second-order valence-electron chi connectivity index (χ2n) is 5.07. The Balaban J connectivity index is 1.92. The van der Waals surface area contributed by atoms with Gasteiger partial charge in [0.1, 0.15) is 5.82 Å². The Labute approximate surface area is 122 Å². The van der Waals surface area contributed by atoms with Crippen LogP contribution in [-0.2, 0) is 17.8 Å². The number of methoxy groups -OCH3 is 1. The highest BCUT2D eigenvalue weighted by Gasteiger charge is 2.22. The second-order valence-corrected chi connectivity index (χ2v) is 5.07. The molecule has 1 aromatic heterocycles. The van der Waals surface area contributed by atoms with Crippen LogP contribution in [0.1, 0.15) is 27.4 Å². The highest BCUT2D eigenvalue weighted by atomic mass is 16.5. The minimum absolute atomic E-state index is 0.0861. The Morgan fingerprint density at radius 1 is 1.24 bits per heavy atom. The SMILES string of the molecule is COC(=O)c1nc(C)cc(N2Cc3ccc(N)cc3C2)n1. The topological polar surface area (TPSA) is 81.3 Å². The van der Waals surface area contributed by atoms with Gasteiger partial charge in [-0.2, -0.15) is 0 Å². The molecule has 6 nitrogen and oxygen atoms in total. The summed E-state index contributed by atoms with van der Waals surface area (Å²) in [5.41, 5.74) is 9.71. The van der Waals surface area contributed by atoms with E-state index in [2.05, 4.69) is 19.6 Å².